The number of benzene rings is 1. The Bertz CT molecular complexity index is 491. The molecule has 0 saturated heterocycles. The van der Waals surface area contributed by atoms with Crippen molar-refractivity contribution in [2.75, 3.05) is 0 Å². The monoisotopic (exact) mass is 201 g/mol. The maximum absolute atomic E-state index is 9.12. The van der Waals surface area contributed by atoms with Crippen LogP contribution in [0.25, 0.3) is 10.9 Å². The molecule has 0 aliphatic heterocycles. The summed E-state index contributed by atoms with van der Waals surface area (Å²) in [6, 6.07) is 8.18. The number of rotatable bonds is 2. The van der Waals surface area contributed by atoms with Gasteiger partial charge in [0.2, 0.25) is 0 Å². The smallest absolute Gasteiger partial charge is 0.0853 e. The van der Waals surface area contributed by atoms with Gasteiger partial charge in [0.25, 0.3) is 0 Å². The lowest BCUT2D eigenvalue weighted by Crippen LogP contribution is -1.95. The summed E-state index contributed by atoms with van der Waals surface area (Å²) in [6.07, 6.45) is 0.971. The highest BCUT2D eigenvalue weighted by atomic mass is 16.3. The first-order chi connectivity index (χ1) is 7.26. The van der Waals surface area contributed by atoms with Crippen molar-refractivity contribution in [1.82, 2.24) is 4.98 Å². The molecule has 1 N–H and O–H groups in total. The summed E-state index contributed by atoms with van der Waals surface area (Å²) in [4.78, 5) is 4.48. The van der Waals surface area contributed by atoms with Gasteiger partial charge >= 0.3 is 0 Å². The molecule has 0 atom stereocenters. The lowest BCUT2D eigenvalue weighted by Gasteiger charge is -2.08. The minimum absolute atomic E-state index is 0.00876. The van der Waals surface area contributed by atoms with Gasteiger partial charge < -0.3 is 5.11 Å². The summed E-state index contributed by atoms with van der Waals surface area (Å²) in [5.74, 6) is 0. The lowest BCUT2D eigenvalue weighted by molar-refractivity contribution is 0.277. The highest BCUT2D eigenvalue weighted by Gasteiger charge is 2.05. The van der Waals surface area contributed by atoms with Crippen molar-refractivity contribution >= 4 is 10.9 Å². The van der Waals surface area contributed by atoms with Crippen LogP contribution in [0.3, 0.4) is 0 Å². The molecule has 78 valence electrons. The Hall–Kier alpha value is -1.41. The second-order valence-corrected chi connectivity index (χ2v) is 3.76. The van der Waals surface area contributed by atoms with E-state index < -0.39 is 0 Å². The van der Waals surface area contributed by atoms with Crippen molar-refractivity contribution in [3.63, 3.8) is 0 Å². The van der Waals surface area contributed by atoms with Crippen molar-refractivity contribution in [2.24, 2.45) is 0 Å². The molecular weight excluding hydrogens is 186 g/mol. The van der Waals surface area contributed by atoms with Gasteiger partial charge in [-0.1, -0.05) is 25.1 Å². The molecule has 1 aromatic carbocycles. The minimum Gasteiger partial charge on any atom is -0.390 e. The molecule has 0 bridgehead atoms. The Kier molecular flexibility index (Phi) is 2.69. The number of aliphatic hydroxyl groups is 1. The Balaban J connectivity index is 2.79. The van der Waals surface area contributed by atoms with Crippen LogP contribution < -0.4 is 0 Å². The molecular formula is C13H15NO. The lowest BCUT2D eigenvalue weighted by atomic mass is 10.0. The van der Waals surface area contributed by atoms with E-state index in [9.17, 15) is 0 Å². The summed E-state index contributed by atoms with van der Waals surface area (Å²) < 4.78 is 0. The van der Waals surface area contributed by atoms with E-state index in [-0.39, 0.29) is 6.61 Å². The van der Waals surface area contributed by atoms with Crippen molar-refractivity contribution in [3.8, 4) is 0 Å². The van der Waals surface area contributed by atoms with Gasteiger partial charge in [0.15, 0.2) is 0 Å². The molecule has 0 aliphatic carbocycles. The maximum Gasteiger partial charge on any atom is 0.0853 e. The van der Waals surface area contributed by atoms with E-state index in [0.29, 0.717) is 0 Å². The molecule has 2 aromatic rings. The number of aryl methyl sites for hydroxylation is 2. The zero-order chi connectivity index (χ0) is 10.8. The second-order valence-electron chi connectivity index (χ2n) is 3.76. The average molecular weight is 201 g/mol. The van der Waals surface area contributed by atoms with Gasteiger partial charge in [-0.15, -0.1) is 0 Å². The van der Waals surface area contributed by atoms with Crippen molar-refractivity contribution in [2.45, 2.75) is 26.9 Å². The molecule has 2 rings (SSSR count). The van der Waals surface area contributed by atoms with Crippen LogP contribution in [0, 0.1) is 6.92 Å². The second kappa shape index (κ2) is 3.99. The van der Waals surface area contributed by atoms with Crippen molar-refractivity contribution in [3.05, 3.63) is 41.1 Å². The van der Waals surface area contributed by atoms with Gasteiger partial charge in [-0.2, -0.15) is 0 Å². The zero-order valence-corrected chi connectivity index (χ0v) is 9.12. The number of aromatic nitrogens is 1. The summed E-state index contributed by atoms with van der Waals surface area (Å²) in [6.45, 7) is 4.19. The first-order valence-electron chi connectivity index (χ1n) is 5.25. The molecule has 0 radical (unpaired) electrons. The minimum atomic E-state index is 0.00876. The quantitative estimate of drug-likeness (QED) is 0.810. The molecule has 2 heteroatoms. The number of hydrogen-bond acceptors (Lipinski definition) is 2. The zero-order valence-electron chi connectivity index (χ0n) is 9.12. The SMILES string of the molecule is CCc1cccc2c(C)cc(CO)nc12. The summed E-state index contributed by atoms with van der Waals surface area (Å²) in [5.41, 5.74) is 4.20. The van der Waals surface area contributed by atoms with Gasteiger partial charge in [0.05, 0.1) is 17.8 Å². The molecule has 0 saturated carbocycles. The van der Waals surface area contributed by atoms with E-state index in [1.165, 1.54) is 16.5 Å². The van der Waals surface area contributed by atoms with Crippen LogP contribution in [-0.2, 0) is 13.0 Å². The molecule has 2 nitrogen and oxygen atoms in total. The fraction of sp³-hybridized carbons (Fsp3) is 0.308. The highest BCUT2D eigenvalue weighted by Crippen LogP contribution is 2.21. The van der Waals surface area contributed by atoms with Crippen molar-refractivity contribution in [1.29, 1.82) is 0 Å². The summed E-state index contributed by atoms with van der Waals surface area (Å²) in [7, 11) is 0. The van der Waals surface area contributed by atoms with E-state index >= 15 is 0 Å². The first kappa shape index (κ1) is 10.1. The van der Waals surface area contributed by atoms with Crippen LogP contribution in [0.1, 0.15) is 23.7 Å². The van der Waals surface area contributed by atoms with Gasteiger partial charge in [-0.05, 0) is 30.5 Å². The molecule has 0 fully saturated rings. The van der Waals surface area contributed by atoms with Crippen LogP contribution in [0.15, 0.2) is 24.3 Å². The topological polar surface area (TPSA) is 33.1 Å². The summed E-state index contributed by atoms with van der Waals surface area (Å²) >= 11 is 0. The Morgan fingerprint density at radius 2 is 2.13 bits per heavy atom. The third kappa shape index (κ3) is 1.73. The Labute approximate surface area is 89.6 Å². The van der Waals surface area contributed by atoms with Crippen LogP contribution in [0.2, 0.25) is 0 Å². The number of aliphatic hydroxyl groups excluding tert-OH is 1. The number of nitrogens with zero attached hydrogens (tertiary/aromatic N) is 1. The van der Waals surface area contributed by atoms with Crippen LogP contribution >= 0.6 is 0 Å². The van der Waals surface area contributed by atoms with Crippen LogP contribution in [-0.4, -0.2) is 10.1 Å². The molecule has 0 aliphatic rings. The fourth-order valence-corrected chi connectivity index (χ4v) is 1.91. The van der Waals surface area contributed by atoms with Gasteiger partial charge in [0.1, 0.15) is 0 Å². The normalized spacial score (nSPS) is 10.9. The van der Waals surface area contributed by atoms with E-state index in [0.717, 1.165) is 17.6 Å². The van der Waals surface area contributed by atoms with Crippen LogP contribution in [0.5, 0.6) is 0 Å². The number of hydrogen-bond donors (Lipinski definition) is 1. The number of pyridine rings is 1. The van der Waals surface area contributed by atoms with Crippen LogP contribution in [0.4, 0.5) is 0 Å². The Morgan fingerprint density at radius 1 is 1.33 bits per heavy atom. The van der Waals surface area contributed by atoms with E-state index in [4.69, 9.17) is 5.11 Å². The van der Waals surface area contributed by atoms with E-state index in [1.807, 2.05) is 6.07 Å². The largest absolute Gasteiger partial charge is 0.390 e. The summed E-state index contributed by atoms with van der Waals surface area (Å²) in [5, 5.41) is 10.3. The average Bonchev–Trinajstić information content (AvgIpc) is 2.28. The maximum atomic E-state index is 9.12. The van der Waals surface area contributed by atoms with E-state index in [2.05, 4.69) is 37.0 Å². The fourth-order valence-electron chi connectivity index (χ4n) is 1.91. The molecule has 0 unspecified atom stereocenters. The molecule has 15 heavy (non-hydrogen) atoms. The standard InChI is InChI=1S/C13H15NO/c1-3-10-5-4-6-12-9(2)7-11(8-15)14-13(10)12/h4-7,15H,3,8H2,1-2H3. The predicted octanol–water partition coefficient (Wildman–Crippen LogP) is 2.60. The molecule has 1 heterocycles. The van der Waals surface area contributed by atoms with Crippen molar-refractivity contribution < 1.29 is 5.11 Å². The van der Waals surface area contributed by atoms with Gasteiger partial charge in [0, 0.05) is 5.39 Å². The molecule has 0 spiro atoms. The van der Waals surface area contributed by atoms with Gasteiger partial charge in [-0.3, -0.25) is 4.98 Å². The predicted molar refractivity (Wildman–Crippen MR) is 61.8 cm³/mol. The van der Waals surface area contributed by atoms with E-state index in [1.54, 1.807) is 0 Å². The van der Waals surface area contributed by atoms with Gasteiger partial charge in [-0.25, -0.2) is 0 Å². The molecule has 0 amide bonds. The Morgan fingerprint density at radius 3 is 2.80 bits per heavy atom. The first-order valence-corrected chi connectivity index (χ1v) is 5.25. The third-order valence-electron chi connectivity index (χ3n) is 2.73. The highest BCUT2D eigenvalue weighted by molar-refractivity contribution is 5.85. The third-order valence-corrected chi connectivity index (χ3v) is 2.73. The number of fused-ring (bicyclic) bond motifs is 1. The number of para-hydroxylation sites is 1. The molecule has 1 aromatic heterocycles.